The van der Waals surface area contributed by atoms with Crippen LogP contribution in [-0.4, -0.2) is 19.5 Å². The summed E-state index contributed by atoms with van der Waals surface area (Å²) in [5.41, 5.74) is 2.16. The topological polar surface area (TPSA) is 26.3 Å². The minimum Gasteiger partial charge on any atom is -0.384 e. The highest BCUT2D eigenvalue weighted by atomic mass is 16.5. The van der Waals surface area contributed by atoms with E-state index in [0.29, 0.717) is 18.9 Å². The fourth-order valence-corrected chi connectivity index (χ4v) is 2.05. The molecule has 0 bridgehead atoms. The van der Waals surface area contributed by atoms with Gasteiger partial charge >= 0.3 is 0 Å². The third kappa shape index (κ3) is 2.50. The molecule has 0 atom stereocenters. The Morgan fingerprint density at radius 1 is 1.44 bits per heavy atom. The summed E-state index contributed by atoms with van der Waals surface area (Å²) in [6.45, 7) is 0.506. The van der Waals surface area contributed by atoms with Gasteiger partial charge in [0.25, 0.3) is 0 Å². The number of hydrogen-bond acceptors (Lipinski definition) is 2. The third-order valence-electron chi connectivity index (χ3n) is 3.32. The minimum atomic E-state index is 0.183. The van der Waals surface area contributed by atoms with Crippen LogP contribution in [0.4, 0.5) is 0 Å². The van der Waals surface area contributed by atoms with E-state index in [-0.39, 0.29) is 5.78 Å². The predicted molar refractivity (Wildman–Crippen MR) is 63.9 cm³/mol. The second kappa shape index (κ2) is 5.26. The molecule has 1 aliphatic rings. The molecular weight excluding hydrogens is 200 g/mol. The highest BCUT2D eigenvalue weighted by Crippen LogP contribution is 2.36. The van der Waals surface area contributed by atoms with Gasteiger partial charge in [-0.05, 0) is 30.4 Å². The highest BCUT2D eigenvalue weighted by molar-refractivity contribution is 5.96. The van der Waals surface area contributed by atoms with Crippen molar-refractivity contribution in [2.45, 2.75) is 31.6 Å². The zero-order valence-electron chi connectivity index (χ0n) is 9.74. The zero-order valence-corrected chi connectivity index (χ0v) is 9.74. The lowest BCUT2D eigenvalue weighted by Gasteiger charge is -2.26. The van der Waals surface area contributed by atoms with Crippen LogP contribution in [0.2, 0.25) is 0 Å². The van der Waals surface area contributed by atoms with Crippen LogP contribution < -0.4 is 0 Å². The largest absolute Gasteiger partial charge is 0.384 e. The second-order valence-electron chi connectivity index (χ2n) is 4.42. The number of Topliss-reactive ketones (excluding diaryl/α,β-unsaturated/α-hetero) is 1. The molecule has 0 aromatic heterocycles. The first-order valence-electron chi connectivity index (χ1n) is 5.93. The second-order valence-corrected chi connectivity index (χ2v) is 4.42. The van der Waals surface area contributed by atoms with Crippen LogP contribution in [0.1, 0.15) is 47.5 Å². The van der Waals surface area contributed by atoms with Crippen molar-refractivity contribution in [3.8, 4) is 0 Å². The quantitative estimate of drug-likeness (QED) is 0.709. The zero-order chi connectivity index (χ0) is 11.4. The van der Waals surface area contributed by atoms with Gasteiger partial charge in [-0.25, -0.2) is 0 Å². The molecular formula is C14H18O2. The Bertz CT molecular complexity index is 367. The molecule has 16 heavy (non-hydrogen) atoms. The van der Waals surface area contributed by atoms with E-state index in [1.54, 1.807) is 7.11 Å². The van der Waals surface area contributed by atoms with Crippen molar-refractivity contribution in [3.63, 3.8) is 0 Å². The summed E-state index contributed by atoms with van der Waals surface area (Å²) in [5.74, 6) is 0.873. The van der Waals surface area contributed by atoms with Gasteiger partial charge in [0.2, 0.25) is 0 Å². The summed E-state index contributed by atoms with van der Waals surface area (Å²) in [5, 5.41) is 0. The van der Waals surface area contributed by atoms with Gasteiger partial charge in [-0.2, -0.15) is 0 Å². The molecule has 1 aromatic rings. The van der Waals surface area contributed by atoms with Crippen LogP contribution in [0.25, 0.3) is 0 Å². The Balaban J connectivity index is 2.05. The van der Waals surface area contributed by atoms with E-state index in [2.05, 4.69) is 12.1 Å². The monoisotopic (exact) mass is 218 g/mol. The summed E-state index contributed by atoms with van der Waals surface area (Å²) in [4.78, 5) is 11.8. The van der Waals surface area contributed by atoms with E-state index in [1.165, 1.54) is 24.8 Å². The molecule has 0 unspecified atom stereocenters. The van der Waals surface area contributed by atoms with E-state index < -0.39 is 0 Å². The maximum absolute atomic E-state index is 11.8. The van der Waals surface area contributed by atoms with Crippen LogP contribution >= 0.6 is 0 Å². The average Bonchev–Trinajstić information content (AvgIpc) is 2.24. The van der Waals surface area contributed by atoms with Gasteiger partial charge < -0.3 is 4.74 Å². The predicted octanol–water partition coefficient (Wildman–Crippen LogP) is 3.17. The number of carbonyl (C=O) groups excluding carboxylic acids is 1. The number of hydrogen-bond donors (Lipinski definition) is 0. The fraction of sp³-hybridized carbons (Fsp3) is 0.500. The molecule has 86 valence electrons. The maximum Gasteiger partial charge on any atom is 0.165 e. The molecule has 2 heteroatoms. The lowest BCUT2D eigenvalue weighted by molar-refractivity contribution is 0.0932. The van der Waals surface area contributed by atoms with Crippen molar-refractivity contribution in [2.24, 2.45) is 0 Å². The van der Waals surface area contributed by atoms with Gasteiger partial charge in [-0.3, -0.25) is 4.79 Å². The number of benzene rings is 1. The van der Waals surface area contributed by atoms with E-state index in [0.717, 1.165) is 5.56 Å². The van der Waals surface area contributed by atoms with Crippen molar-refractivity contribution in [2.75, 3.05) is 13.7 Å². The number of ketones is 1. The molecule has 0 spiro atoms. The Morgan fingerprint density at radius 2 is 2.25 bits per heavy atom. The molecule has 0 saturated heterocycles. The molecule has 0 aliphatic heterocycles. The van der Waals surface area contributed by atoms with E-state index in [4.69, 9.17) is 4.74 Å². The molecule has 1 saturated carbocycles. The van der Waals surface area contributed by atoms with E-state index >= 15 is 0 Å². The van der Waals surface area contributed by atoms with Crippen LogP contribution in [0.15, 0.2) is 24.3 Å². The lowest BCUT2D eigenvalue weighted by atomic mass is 9.79. The van der Waals surface area contributed by atoms with E-state index in [1.807, 2.05) is 12.1 Å². The number of rotatable bonds is 5. The Morgan fingerprint density at radius 3 is 2.88 bits per heavy atom. The minimum absolute atomic E-state index is 0.183. The van der Waals surface area contributed by atoms with Crippen LogP contribution in [-0.2, 0) is 4.74 Å². The normalized spacial score (nSPS) is 15.8. The van der Waals surface area contributed by atoms with Gasteiger partial charge in [0.1, 0.15) is 0 Å². The van der Waals surface area contributed by atoms with Gasteiger partial charge in [-0.1, -0.05) is 24.6 Å². The van der Waals surface area contributed by atoms with Crippen LogP contribution in [0, 0.1) is 0 Å². The van der Waals surface area contributed by atoms with Crippen molar-refractivity contribution >= 4 is 5.78 Å². The smallest absolute Gasteiger partial charge is 0.165 e. The first kappa shape index (κ1) is 11.3. The fourth-order valence-electron chi connectivity index (χ4n) is 2.05. The number of ether oxygens (including phenoxy) is 1. The lowest BCUT2D eigenvalue weighted by Crippen LogP contribution is -2.10. The molecule has 1 aromatic carbocycles. The summed E-state index contributed by atoms with van der Waals surface area (Å²) in [6, 6.07) is 8.09. The SMILES string of the molecule is COCCC(=O)c1cccc(C2CCC2)c1. The summed E-state index contributed by atoms with van der Waals surface area (Å²) in [6.07, 6.45) is 4.35. The molecule has 0 radical (unpaired) electrons. The Labute approximate surface area is 96.6 Å². The molecule has 2 rings (SSSR count). The third-order valence-corrected chi connectivity index (χ3v) is 3.32. The maximum atomic E-state index is 11.8. The van der Waals surface area contributed by atoms with E-state index in [9.17, 15) is 4.79 Å². The summed E-state index contributed by atoms with van der Waals surface area (Å²) < 4.78 is 4.92. The summed E-state index contributed by atoms with van der Waals surface area (Å²) in [7, 11) is 1.62. The average molecular weight is 218 g/mol. The van der Waals surface area contributed by atoms with Crippen molar-refractivity contribution in [3.05, 3.63) is 35.4 Å². The highest BCUT2D eigenvalue weighted by Gasteiger charge is 2.20. The first-order valence-corrected chi connectivity index (χ1v) is 5.93. The Kier molecular flexibility index (Phi) is 3.73. The molecule has 0 N–H and O–H groups in total. The van der Waals surface area contributed by atoms with Crippen LogP contribution in [0.3, 0.4) is 0 Å². The molecule has 2 nitrogen and oxygen atoms in total. The van der Waals surface area contributed by atoms with Crippen molar-refractivity contribution in [1.29, 1.82) is 0 Å². The van der Waals surface area contributed by atoms with Gasteiger partial charge in [-0.15, -0.1) is 0 Å². The number of methoxy groups -OCH3 is 1. The van der Waals surface area contributed by atoms with Crippen LogP contribution in [0.5, 0.6) is 0 Å². The molecule has 1 aliphatic carbocycles. The van der Waals surface area contributed by atoms with Gasteiger partial charge in [0.15, 0.2) is 5.78 Å². The van der Waals surface area contributed by atoms with Gasteiger partial charge in [0, 0.05) is 19.1 Å². The molecule has 0 heterocycles. The molecule has 1 fully saturated rings. The van der Waals surface area contributed by atoms with Crippen molar-refractivity contribution in [1.82, 2.24) is 0 Å². The first-order chi connectivity index (χ1) is 7.81. The standard InChI is InChI=1S/C14H18O2/c1-16-9-8-14(15)13-7-3-6-12(10-13)11-4-2-5-11/h3,6-7,10-11H,2,4-5,8-9H2,1H3. The van der Waals surface area contributed by atoms with Crippen molar-refractivity contribution < 1.29 is 9.53 Å². The Hall–Kier alpha value is -1.15. The molecule has 0 amide bonds. The number of carbonyl (C=O) groups is 1. The van der Waals surface area contributed by atoms with Gasteiger partial charge in [0.05, 0.1) is 6.61 Å². The summed E-state index contributed by atoms with van der Waals surface area (Å²) >= 11 is 0.